The summed E-state index contributed by atoms with van der Waals surface area (Å²) in [7, 11) is 0. The molecular weight excluding hydrogens is 408 g/mol. The average Bonchev–Trinajstić information content (AvgIpc) is 3.10. The van der Waals surface area contributed by atoms with Gasteiger partial charge in [-0.1, -0.05) is 41.5 Å². The van der Waals surface area contributed by atoms with E-state index in [9.17, 15) is 19.2 Å². The van der Waals surface area contributed by atoms with Crippen LogP contribution in [0.1, 0.15) is 39.7 Å². The molecule has 3 atom stereocenters. The summed E-state index contributed by atoms with van der Waals surface area (Å²) in [6, 6.07) is 6.71. The van der Waals surface area contributed by atoms with Crippen molar-refractivity contribution in [2.75, 3.05) is 6.54 Å². The molecule has 1 heterocycles. The van der Waals surface area contributed by atoms with Gasteiger partial charge in [-0.15, -0.1) is 0 Å². The van der Waals surface area contributed by atoms with Crippen molar-refractivity contribution in [1.82, 2.24) is 15.5 Å². The molecule has 1 aliphatic rings. The molecule has 8 heteroatoms. The van der Waals surface area contributed by atoms with Crippen LogP contribution in [0, 0.1) is 0 Å². The highest BCUT2D eigenvalue weighted by molar-refractivity contribution is 5.97. The molecule has 1 aromatic rings. The number of likely N-dealkylation sites (tertiary alicyclic amines) is 1. The molecule has 0 aromatic heterocycles. The maximum atomic E-state index is 13.3. The van der Waals surface area contributed by atoms with Crippen molar-refractivity contribution in [3.63, 3.8) is 0 Å². The molecule has 8 nitrogen and oxygen atoms in total. The molecule has 0 bridgehead atoms. The van der Waals surface area contributed by atoms with Crippen molar-refractivity contribution in [3.05, 3.63) is 59.2 Å². The lowest BCUT2D eigenvalue weighted by Gasteiger charge is -2.28. The minimum Gasteiger partial charge on any atom is -0.368 e. The number of nitrogens with zero attached hydrogens (tertiary/aromatic N) is 1. The monoisotopic (exact) mass is 440 g/mol. The van der Waals surface area contributed by atoms with Crippen LogP contribution in [0.4, 0.5) is 0 Å². The number of amides is 4. The quantitative estimate of drug-likeness (QED) is 0.526. The third kappa shape index (κ3) is 7.08. The van der Waals surface area contributed by atoms with Crippen LogP contribution in [0.2, 0.25) is 0 Å². The summed E-state index contributed by atoms with van der Waals surface area (Å²) in [4.78, 5) is 51.8. The van der Waals surface area contributed by atoms with E-state index in [-0.39, 0.29) is 18.2 Å². The minimum atomic E-state index is -0.953. The van der Waals surface area contributed by atoms with Gasteiger partial charge in [-0.3, -0.25) is 19.2 Å². The van der Waals surface area contributed by atoms with Gasteiger partial charge in [0.1, 0.15) is 12.1 Å². The van der Waals surface area contributed by atoms with E-state index in [2.05, 4.69) is 10.6 Å². The van der Waals surface area contributed by atoms with Crippen LogP contribution < -0.4 is 16.4 Å². The number of benzene rings is 1. The molecule has 0 spiro atoms. The number of allylic oxidation sites excluding steroid dienone is 2. The highest BCUT2D eigenvalue weighted by Gasteiger charge is 2.42. The van der Waals surface area contributed by atoms with Crippen LogP contribution in [-0.2, 0) is 25.6 Å². The summed E-state index contributed by atoms with van der Waals surface area (Å²) in [5, 5.41) is 5.52. The number of carbonyl (C=O) groups excluding carboxylic acids is 4. The molecule has 1 aromatic carbocycles. The number of nitrogens with two attached hydrogens (primary N) is 1. The number of hydrogen-bond acceptors (Lipinski definition) is 4. The van der Waals surface area contributed by atoms with E-state index in [1.807, 2.05) is 30.3 Å². The number of nitrogens with one attached hydrogen (secondary N) is 2. The highest BCUT2D eigenvalue weighted by Crippen LogP contribution is 2.20. The Morgan fingerprint density at radius 2 is 1.69 bits per heavy atom. The first-order valence-electron chi connectivity index (χ1n) is 10.6. The topological polar surface area (TPSA) is 122 Å². The molecular formula is C24H32N4O4. The third-order valence-electron chi connectivity index (χ3n) is 5.05. The van der Waals surface area contributed by atoms with Gasteiger partial charge in [-0.2, -0.15) is 0 Å². The summed E-state index contributed by atoms with van der Waals surface area (Å²) in [6.07, 6.45) is 3.54. The number of hydrogen-bond donors (Lipinski definition) is 3. The van der Waals surface area contributed by atoms with Gasteiger partial charge in [0.15, 0.2) is 0 Å². The highest BCUT2D eigenvalue weighted by atomic mass is 16.2. The van der Waals surface area contributed by atoms with Crippen molar-refractivity contribution in [2.45, 2.75) is 58.7 Å². The summed E-state index contributed by atoms with van der Waals surface area (Å²) in [6.45, 7) is 7.48. The molecule has 1 saturated heterocycles. The molecule has 0 radical (unpaired) electrons. The predicted molar refractivity (Wildman–Crippen MR) is 122 cm³/mol. The Hall–Kier alpha value is -3.42. The number of rotatable bonds is 8. The number of primary amides is 1. The summed E-state index contributed by atoms with van der Waals surface area (Å²) in [5.41, 5.74) is 7.99. The average molecular weight is 441 g/mol. The molecule has 0 aliphatic carbocycles. The molecule has 4 amide bonds. The summed E-state index contributed by atoms with van der Waals surface area (Å²) in [5.74, 6) is -1.85. The summed E-state index contributed by atoms with van der Waals surface area (Å²) >= 11 is 0. The van der Waals surface area contributed by atoms with E-state index in [0.29, 0.717) is 13.0 Å². The third-order valence-corrected chi connectivity index (χ3v) is 5.05. The van der Waals surface area contributed by atoms with Crippen LogP contribution in [0.15, 0.2) is 53.6 Å². The van der Waals surface area contributed by atoms with Crippen LogP contribution in [0.25, 0.3) is 0 Å². The molecule has 1 aliphatic heterocycles. The molecule has 0 saturated carbocycles. The van der Waals surface area contributed by atoms with Crippen molar-refractivity contribution in [3.8, 4) is 0 Å². The van der Waals surface area contributed by atoms with Crippen LogP contribution >= 0.6 is 0 Å². The zero-order valence-corrected chi connectivity index (χ0v) is 19.1. The zero-order valence-electron chi connectivity index (χ0n) is 19.1. The Bertz CT molecular complexity index is 915. The molecule has 1 fully saturated rings. The van der Waals surface area contributed by atoms with Gasteiger partial charge in [0.05, 0.1) is 6.04 Å². The van der Waals surface area contributed by atoms with Crippen LogP contribution in [-0.4, -0.2) is 53.2 Å². The second kappa shape index (κ2) is 11.3. The fourth-order valence-electron chi connectivity index (χ4n) is 3.66. The zero-order chi connectivity index (χ0) is 23.8. The Labute approximate surface area is 188 Å². The Morgan fingerprint density at radius 3 is 2.25 bits per heavy atom. The molecule has 32 heavy (non-hydrogen) atoms. The van der Waals surface area contributed by atoms with Crippen molar-refractivity contribution < 1.29 is 19.2 Å². The normalized spacial score (nSPS) is 18.3. The first-order valence-corrected chi connectivity index (χ1v) is 10.6. The van der Waals surface area contributed by atoms with E-state index >= 15 is 0 Å². The number of carbonyl (C=O) groups is 4. The predicted octanol–water partition coefficient (Wildman–Crippen LogP) is 1.22. The summed E-state index contributed by atoms with van der Waals surface area (Å²) < 4.78 is 0. The molecule has 0 unspecified atom stereocenters. The van der Waals surface area contributed by atoms with Gasteiger partial charge in [0, 0.05) is 25.1 Å². The lowest BCUT2D eigenvalue weighted by atomic mass is 10.0. The standard InChI is InChI=1S/C24H32N4O4/c1-15(2)12-20(29)26-18-10-11-28(21(30)13-16(3)4)22(18)24(32)27-19(23(25)31)14-17-8-6-5-7-9-17/h5-9,12-13,18-19,22H,10-11,14H2,1-4H3,(H2,25,31)(H,26,29)(H,27,32)/t18-,19-,22+/m1/s1. The lowest BCUT2D eigenvalue weighted by molar-refractivity contribution is -0.137. The molecule has 4 N–H and O–H groups in total. The fourth-order valence-corrected chi connectivity index (χ4v) is 3.66. The van der Waals surface area contributed by atoms with Crippen molar-refractivity contribution in [2.24, 2.45) is 5.73 Å². The van der Waals surface area contributed by atoms with Gasteiger partial charge >= 0.3 is 0 Å². The van der Waals surface area contributed by atoms with Gasteiger partial charge in [-0.25, -0.2) is 0 Å². The minimum absolute atomic E-state index is 0.228. The SMILES string of the molecule is CC(C)=CC(=O)N[C@@H]1CCN(C(=O)C=C(C)C)[C@@H]1C(=O)N[C@H](Cc1ccccc1)C(N)=O. The van der Waals surface area contributed by atoms with Crippen molar-refractivity contribution in [1.29, 1.82) is 0 Å². The molecule has 2 rings (SSSR count). The van der Waals surface area contributed by atoms with E-state index in [4.69, 9.17) is 5.73 Å². The van der Waals surface area contributed by atoms with E-state index in [1.54, 1.807) is 27.7 Å². The Balaban J connectivity index is 2.26. The second-order valence-corrected chi connectivity index (χ2v) is 8.48. The largest absolute Gasteiger partial charge is 0.368 e. The van der Waals surface area contributed by atoms with Crippen molar-refractivity contribution >= 4 is 23.6 Å². The van der Waals surface area contributed by atoms with Crippen LogP contribution in [0.5, 0.6) is 0 Å². The lowest BCUT2D eigenvalue weighted by Crippen LogP contribution is -2.58. The van der Waals surface area contributed by atoms with E-state index in [1.165, 1.54) is 17.1 Å². The maximum absolute atomic E-state index is 13.3. The van der Waals surface area contributed by atoms with Crippen LogP contribution in [0.3, 0.4) is 0 Å². The first-order chi connectivity index (χ1) is 15.1. The first kappa shape index (κ1) is 24.8. The second-order valence-electron chi connectivity index (χ2n) is 8.48. The van der Waals surface area contributed by atoms with Gasteiger partial charge < -0.3 is 21.3 Å². The smallest absolute Gasteiger partial charge is 0.247 e. The van der Waals surface area contributed by atoms with E-state index < -0.39 is 29.9 Å². The van der Waals surface area contributed by atoms with E-state index in [0.717, 1.165) is 16.7 Å². The Morgan fingerprint density at radius 1 is 1.06 bits per heavy atom. The Kier molecular flexibility index (Phi) is 8.75. The maximum Gasteiger partial charge on any atom is 0.247 e. The fraction of sp³-hybridized carbons (Fsp3) is 0.417. The van der Waals surface area contributed by atoms with Gasteiger partial charge in [0.25, 0.3) is 0 Å². The molecule has 172 valence electrons. The van der Waals surface area contributed by atoms with Gasteiger partial charge in [0.2, 0.25) is 23.6 Å². The van der Waals surface area contributed by atoms with Gasteiger partial charge in [-0.05, 0) is 39.7 Å².